The van der Waals surface area contributed by atoms with Crippen LogP contribution >= 0.6 is 20.2 Å². The van der Waals surface area contributed by atoms with Crippen molar-refractivity contribution in [3.8, 4) is 0 Å². The lowest BCUT2D eigenvalue weighted by Crippen LogP contribution is -2.44. The van der Waals surface area contributed by atoms with E-state index >= 15 is 0 Å². The van der Waals surface area contributed by atoms with Crippen molar-refractivity contribution in [3.63, 3.8) is 0 Å². The second-order valence-corrected chi connectivity index (χ2v) is 10.6. The van der Waals surface area contributed by atoms with E-state index in [0.717, 1.165) is 17.7 Å². The molecule has 1 aliphatic rings. The van der Waals surface area contributed by atoms with Gasteiger partial charge in [0, 0.05) is 17.3 Å². The Labute approximate surface area is 191 Å². The highest BCUT2D eigenvalue weighted by molar-refractivity contribution is 7.99. The molecule has 0 aliphatic heterocycles. The van der Waals surface area contributed by atoms with Crippen molar-refractivity contribution >= 4 is 37.0 Å². The third-order valence-electron chi connectivity index (χ3n) is 6.25. The summed E-state index contributed by atoms with van der Waals surface area (Å²) < 4.78 is 24.3. The molecule has 3 atom stereocenters. The van der Waals surface area contributed by atoms with Crippen LogP contribution in [0.15, 0.2) is 47.4 Å². The van der Waals surface area contributed by atoms with Crippen LogP contribution < -0.4 is 0 Å². The molecule has 6 heteroatoms. The van der Waals surface area contributed by atoms with Crippen LogP contribution in [0.25, 0.3) is 10.8 Å². The largest absolute Gasteiger partial charge is 0.466 e. The number of thioether (sulfide) groups is 1. The number of hydrogen-bond donors (Lipinski definition) is 0. The number of carbonyl (C=O) groups excluding carboxylic acids is 1. The molecule has 0 spiro atoms. The molecule has 2 aromatic carbocycles. The molecule has 2 aromatic rings. The Hall–Kier alpha value is -1.29. The minimum Gasteiger partial charge on any atom is -0.466 e. The first-order chi connectivity index (χ1) is 15.1. The first kappa shape index (κ1) is 24.4. The third kappa shape index (κ3) is 6.37. The molecule has 0 N–H and O–H groups in total. The van der Waals surface area contributed by atoms with E-state index in [1.165, 1.54) is 30.0 Å². The van der Waals surface area contributed by atoms with Gasteiger partial charge in [0.1, 0.15) is 5.34 Å². The Morgan fingerprint density at radius 2 is 1.84 bits per heavy atom. The van der Waals surface area contributed by atoms with Crippen molar-refractivity contribution in [2.75, 3.05) is 19.0 Å². The van der Waals surface area contributed by atoms with Gasteiger partial charge in [-0.25, -0.2) is 0 Å². The smallest absolute Gasteiger partial charge is 0.312 e. The van der Waals surface area contributed by atoms with Crippen molar-refractivity contribution in [2.45, 2.75) is 62.6 Å². The highest BCUT2D eigenvalue weighted by Crippen LogP contribution is 2.44. The molecular formula is C25H35O4PS. The molecule has 3 unspecified atom stereocenters. The SMILES string of the molecule is CCOC(=O)C(CC1CCCCC1)C(CSc1ccc2ccccc2c1)(OCC)[PH2]=O. The standard InChI is InChI=1S/C25H35O4PS/c1-3-28-24(26)23(16-19-10-6-5-7-11-19)25(30-27,29-4-2)18-31-22-15-14-20-12-8-9-13-21(20)17-22/h8-9,12-15,17,19,23H,3-7,10-11,16,18,30H2,1-2H3. The Bertz CT molecular complexity index is 867. The van der Waals surface area contributed by atoms with Crippen LogP contribution in [0.4, 0.5) is 0 Å². The first-order valence-corrected chi connectivity index (χ1v) is 13.5. The maximum Gasteiger partial charge on any atom is 0.312 e. The summed E-state index contributed by atoms with van der Waals surface area (Å²) >= 11 is 1.62. The second-order valence-electron chi connectivity index (χ2n) is 8.35. The zero-order valence-corrected chi connectivity index (χ0v) is 20.6. The molecular weight excluding hydrogens is 427 g/mol. The van der Waals surface area contributed by atoms with Gasteiger partial charge in [-0.05, 0) is 49.1 Å². The van der Waals surface area contributed by atoms with Gasteiger partial charge in [0.2, 0.25) is 0 Å². The summed E-state index contributed by atoms with van der Waals surface area (Å²) in [6.07, 6.45) is 6.64. The van der Waals surface area contributed by atoms with E-state index in [4.69, 9.17) is 9.47 Å². The highest BCUT2D eigenvalue weighted by Gasteiger charge is 2.45. The Kier molecular flexibility index (Phi) is 9.49. The van der Waals surface area contributed by atoms with Crippen molar-refractivity contribution in [2.24, 2.45) is 11.8 Å². The Balaban J connectivity index is 1.84. The fourth-order valence-corrected chi connectivity index (χ4v) is 6.85. The van der Waals surface area contributed by atoms with Crippen LogP contribution in [0, 0.1) is 11.8 Å². The van der Waals surface area contributed by atoms with E-state index in [0.29, 0.717) is 31.3 Å². The van der Waals surface area contributed by atoms with Gasteiger partial charge in [-0.2, -0.15) is 0 Å². The average molecular weight is 463 g/mol. The fourth-order valence-electron chi connectivity index (χ4n) is 4.61. The van der Waals surface area contributed by atoms with Crippen molar-refractivity contribution in [1.29, 1.82) is 0 Å². The lowest BCUT2D eigenvalue weighted by atomic mass is 9.81. The van der Waals surface area contributed by atoms with Gasteiger partial charge >= 0.3 is 5.97 Å². The van der Waals surface area contributed by atoms with Gasteiger partial charge < -0.3 is 14.0 Å². The first-order valence-electron chi connectivity index (χ1n) is 11.5. The molecule has 3 rings (SSSR count). The van der Waals surface area contributed by atoms with E-state index in [2.05, 4.69) is 30.3 Å². The van der Waals surface area contributed by atoms with E-state index in [9.17, 15) is 9.36 Å². The molecule has 31 heavy (non-hydrogen) atoms. The number of ether oxygens (including phenoxy) is 2. The van der Waals surface area contributed by atoms with Crippen molar-refractivity contribution in [3.05, 3.63) is 42.5 Å². The summed E-state index contributed by atoms with van der Waals surface area (Å²) in [5.41, 5.74) is 0. The third-order valence-corrected chi connectivity index (χ3v) is 8.90. The van der Waals surface area contributed by atoms with E-state index in [-0.39, 0.29) is 5.97 Å². The molecule has 170 valence electrons. The highest BCUT2D eigenvalue weighted by atomic mass is 32.2. The van der Waals surface area contributed by atoms with Crippen LogP contribution in [0.2, 0.25) is 0 Å². The van der Waals surface area contributed by atoms with Crippen LogP contribution in [0.5, 0.6) is 0 Å². The quantitative estimate of drug-likeness (QED) is 0.215. The zero-order chi connectivity index (χ0) is 22.1. The van der Waals surface area contributed by atoms with Gasteiger partial charge in [-0.15, -0.1) is 11.8 Å². The molecule has 4 nitrogen and oxygen atoms in total. The zero-order valence-electron chi connectivity index (χ0n) is 18.7. The number of carbonyl (C=O) groups is 1. The second kappa shape index (κ2) is 12.1. The molecule has 0 aromatic heterocycles. The van der Waals surface area contributed by atoms with Crippen LogP contribution in [-0.4, -0.2) is 30.3 Å². The Morgan fingerprint density at radius 1 is 1.10 bits per heavy atom. The monoisotopic (exact) mass is 462 g/mol. The summed E-state index contributed by atoms with van der Waals surface area (Å²) in [5, 5.41) is 1.39. The predicted molar refractivity (Wildman–Crippen MR) is 131 cm³/mol. The normalized spacial score (nSPS) is 18.3. The molecule has 0 heterocycles. The molecule has 1 fully saturated rings. The molecule has 1 aliphatic carbocycles. The number of esters is 1. The Morgan fingerprint density at radius 3 is 2.52 bits per heavy atom. The van der Waals surface area contributed by atoms with E-state index in [1.54, 1.807) is 11.8 Å². The molecule has 1 saturated carbocycles. The van der Waals surface area contributed by atoms with Crippen LogP contribution in [0.3, 0.4) is 0 Å². The number of hydrogen-bond acceptors (Lipinski definition) is 5. The summed E-state index contributed by atoms with van der Waals surface area (Å²) in [4.78, 5) is 14.1. The van der Waals surface area contributed by atoms with Crippen LogP contribution in [0.1, 0.15) is 52.4 Å². The fraction of sp³-hybridized carbons (Fsp3) is 0.560. The summed E-state index contributed by atoms with van der Waals surface area (Å²) in [6, 6.07) is 14.6. The lowest BCUT2D eigenvalue weighted by molar-refractivity contribution is -0.156. The van der Waals surface area contributed by atoms with Gasteiger partial charge in [-0.1, -0.05) is 62.4 Å². The minimum absolute atomic E-state index is 0.260. The maximum absolute atomic E-state index is 13.0. The van der Waals surface area contributed by atoms with Gasteiger partial charge in [-0.3, -0.25) is 4.79 Å². The van der Waals surface area contributed by atoms with Crippen molar-refractivity contribution < 1.29 is 18.8 Å². The molecule has 0 radical (unpaired) electrons. The van der Waals surface area contributed by atoms with Gasteiger partial charge in [0.05, 0.1) is 21.0 Å². The minimum atomic E-state index is -1.32. The number of rotatable bonds is 11. The number of fused-ring (bicyclic) bond motifs is 1. The van der Waals surface area contributed by atoms with Gasteiger partial charge in [0.25, 0.3) is 0 Å². The van der Waals surface area contributed by atoms with E-state index < -0.39 is 19.7 Å². The lowest BCUT2D eigenvalue weighted by Gasteiger charge is -2.37. The summed E-state index contributed by atoms with van der Waals surface area (Å²) in [5.74, 6) is 0.202. The summed E-state index contributed by atoms with van der Waals surface area (Å²) in [6.45, 7) is 4.49. The number of benzene rings is 2. The topological polar surface area (TPSA) is 52.6 Å². The molecule has 0 amide bonds. The van der Waals surface area contributed by atoms with Crippen LogP contribution in [-0.2, 0) is 18.8 Å². The maximum atomic E-state index is 13.0. The molecule has 0 saturated heterocycles. The van der Waals surface area contributed by atoms with Gasteiger partial charge in [0.15, 0.2) is 0 Å². The van der Waals surface area contributed by atoms with E-state index in [1.807, 2.05) is 26.0 Å². The predicted octanol–water partition coefficient (Wildman–Crippen LogP) is 6.57. The summed E-state index contributed by atoms with van der Waals surface area (Å²) in [7, 11) is -1.32. The van der Waals surface area contributed by atoms with Crippen molar-refractivity contribution in [1.82, 2.24) is 0 Å². The average Bonchev–Trinajstić information content (AvgIpc) is 2.81. The molecule has 0 bridgehead atoms.